The van der Waals surface area contributed by atoms with Gasteiger partial charge < -0.3 is 54.0 Å². The van der Waals surface area contributed by atoms with Crippen molar-refractivity contribution in [2.24, 2.45) is 0 Å². The maximum atomic E-state index is 14.2. The van der Waals surface area contributed by atoms with Crippen LogP contribution in [0, 0.1) is 0 Å². The van der Waals surface area contributed by atoms with Crippen molar-refractivity contribution < 1.29 is 62.9 Å². The number of fused-ring (bicyclic) bond motifs is 6. The Hall–Kier alpha value is -4.53. The van der Waals surface area contributed by atoms with E-state index >= 15 is 0 Å². The largest absolute Gasteiger partial charge is 0.507 e. The summed E-state index contributed by atoms with van der Waals surface area (Å²) >= 11 is 1.20. The summed E-state index contributed by atoms with van der Waals surface area (Å²) in [6.07, 6.45) is -4.11. The minimum Gasteiger partial charge on any atom is -0.507 e. The van der Waals surface area contributed by atoms with Crippen LogP contribution in [0.5, 0.6) is 17.2 Å². The van der Waals surface area contributed by atoms with Crippen LogP contribution in [0.2, 0.25) is 0 Å². The fourth-order valence-electron chi connectivity index (χ4n) is 8.75. The lowest BCUT2D eigenvalue weighted by molar-refractivity contribution is -0.256. The number of ketones is 2. The number of thiazole rings is 1. The molecule has 2 aliphatic carbocycles. The van der Waals surface area contributed by atoms with Gasteiger partial charge >= 0.3 is 0 Å². The van der Waals surface area contributed by atoms with Gasteiger partial charge in [-0.25, -0.2) is 4.98 Å². The molecule has 17 nitrogen and oxygen atoms in total. The molecule has 3 aliphatic heterocycles. The Morgan fingerprint density at radius 2 is 1.89 bits per heavy atom. The minimum atomic E-state index is -1.83. The lowest BCUT2D eigenvalue weighted by Gasteiger charge is -2.43. The first-order chi connectivity index (χ1) is 27.2. The number of morpholine rings is 1. The monoisotopic (exact) mass is 808 g/mol. The van der Waals surface area contributed by atoms with Crippen molar-refractivity contribution in [1.82, 2.24) is 20.1 Å². The van der Waals surface area contributed by atoms with E-state index in [1.165, 1.54) is 42.4 Å². The molecule has 5 aliphatic rings. The molecule has 1 aromatic heterocycles. The predicted molar refractivity (Wildman–Crippen MR) is 198 cm³/mol. The number of aliphatic hydroxyl groups is 1. The van der Waals surface area contributed by atoms with E-state index in [0.717, 1.165) is 0 Å². The number of hydrogen-bond donors (Lipinski definition) is 4. The maximum Gasteiger partial charge on any atom is 0.242 e. The molecule has 3 aromatic rings. The molecule has 0 spiro atoms. The van der Waals surface area contributed by atoms with Gasteiger partial charge in [-0.2, -0.15) is 0 Å². The number of nitrogens with one attached hydrogen (secondary N) is 1. The SMILES string of the molecule is COc1cccc2c1C(=O)c1c(O)c3c(c(O)c1C2=O)C[C@@](O)(c1csc(CN(C)C(=O)CNC(C)=O)n1)C[C@@H]3O[C@H]1C[C@H]2[C@H](O[C@@H]3[C@@H](OC)OCCN32)[C@H](C)O1. The quantitative estimate of drug-likeness (QED) is 0.178. The van der Waals surface area contributed by atoms with E-state index in [1.807, 2.05) is 6.92 Å². The van der Waals surface area contributed by atoms with E-state index in [-0.39, 0.29) is 89.2 Å². The van der Waals surface area contributed by atoms with Gasteiger partial charge in [0.2, 0.25) is 17.6 Å². The van der Waals surface area contributed by atoms with Crippen LogP contribution < -0.4 is 10.1 Å². The number of rotatable bonds is 9. The molecule has 3 fully saturated rings. The predicted octanol–water partition coefficient (Wildman–Crippen LogP) is 1.86. The Bertz CT molecular complexity index is 2140. The van der Waals surface area contributed by atoms with Crippen molar-refractivity contribution in [3.63, 3.8) is 0 Å². The van der Waals surface area contributed by atoms with Crippen molar-refractivity contribution in [1.29, 1.82) is 0 Å². The van der Waals surface area contributed by atoms with Crippen molar-refractivity contribution in [3.8, 4) is 17.2 Å². The van der Waals surface area contributed by atoms with Crippen LogP contribution in [-0.4, -0.2) is 132 Å². The normalized spacial score (nSPS) is 29.1. The van der Waals surface area contributed by atoms with Crippen LogP contribution in [0.15, 0.2) is 23.6 Å². The van der Waals surface area contributed by atoms with Gasteiger partial charge in [-0.15, -0.1) is 11.3 Å². The second-order valence-corrected chi connectivity index (χ2v) is 15.9. The number of hydrogen-bond acceptors (Lipinski definition) is 16. The standard InChI is InChI=1S/C39H44N4O13S/c1-17-36-21(43-9-10-53-38(52-5)37(43)56-36)11-27(54-17)55-23-13-39(50,24-16-57-25(41-24)15-42(3)26(45)14-40-18(2)44)12-20-29(23)35(49)31-30(33(20)47)32(46)19-7-6-8-22(51-4)28(19)34(31)48/h6-8,16-17,21,23,27,36-38,47,49-50H,9-15H2,1-5H3,(H,40,44)/t17-,21-,23-,27-,36+,37+,38-,39-/m0/s1. The highest BCUT2D eigenvalue weighted by atomic mass is 32.1. The first-order valence-electron chi connectivity index (χ1n) is 18.6. The first kappa shape index (κ1) is 39.3. The summed E-state index contributed by atoms with van der Waals surface area (Å²) in [6, 6.07) is 4.37. The summed E-state index contributed by atoms with van der Waals surface area (Å²) in [7, 11) is 4.48. The number of carbonyl (C=O) groups is 4. The summed E-state index contributed by atoms with van der Waals surface area (Å²) in [4.78, 5) is 60.4. The van der Waals surface area contributed by atoms with Gasteiger partial charge in [0.25, 0.3) is 0 Å². The Labute approximate surface area is 331 Å². The second kappa shape index (κ2) is 15.0. The van der Waals surface area contributed by atoms with Gasteiger partial charge in [0.05, 0.1) is 61.4 Å². The topological polar surface area (TPSA) is 216 Å². The van der Waals surface area contributed by atoms with E-state index in [9.17, 15) is 34.5 Å². The molecular formula is C39H44N4O13S. The zero-order chi connectivity index (χ0) is 40.5. The molecule has 4 heterocycles. The molecule has 4 N–H and O–H groups in total. The highest BCUT2D eigenvalue weighted by Crippen LogP contribution is 2.54. The summed E-state index contributed by atoms with van der Waals surface area (Å²) in [5, 5.41) is 41.3. The Morgan fingerprint density at radius 1 is 1.12 bits per heavy atom. The maximum absolute atomic E-state index is 14.2. The molecule has 8 atom stereocenters. The van der Waals surface area contributed by atoms with Crippen LogP contribution >= 0.6 is 11.3 Å². The molecule has 0 unspecified atom stereocenters. The molecule has 8 rings (SSSR count). The zero-order valence-electron chi connectivity index (χ0n) is 32.0. The van der Waals surface area contributed by atoms with E-state index in [2.05, 4.69) is 15.2 Å². The number of likely N-dealkylation sites (N-methyl/N-ethyl adjacent to an activating group) is 1. The Morgan fingerprint density at radius 3 is 2.63 bits per heavy atom. The van der Waals surface area contributed by atoms with Gasteiger partial charge in [-0.1, -0.05) is 12.1 Å². The number of amides is 2. The molecule has 57 heavy (non-hydrogen) atoms. The zero-order valence-corrected chi connectivity index (χ0v) is 32.8. The lowest BCUT2D eigenvalue weighted by Crippen LogP contribution is -2.55. The van der Waals surface area contributed by atoms with Crippen molar-refractivity contribution >= 4 is 34.7 Å². The van der Waals surface area contributed by atoms with Crippen LogP contribution in [0.1, 0.15) is 86.5 Å². The molecule has 2 aromatic carbocycles. The van der Waals surface area contributed by atoms with Crippen LogP contribution in [0.25, 0.3) is 0 Å². The van der Waals surface area contributed by atoms with Crippen LogP contribution in [0.3, 0.4) is 0 Å². The molecule has 304 valence electrons. The molecule has 3 saturated heterocycles. The Kier molecular flexibility index (Phi) is 10.3. The van der Waals surface area contributed by atoms with Crippen LogP contribution in [0.4, 0.5) is 0 Å². The summed E-state index contributed by atoms with van der Waals surface area (Å²) in [5.41, 5.74) is -2.39. The number of carbonyl (C=O) groups excluding carboxylic acids is 4. The Balaban J connectivity index is 1.17. The van der Waals surface area contributed by atoms with E-state index in [1.54, 1.807) is 25.6 Å². The minimum absolute atomic E-state index is 0.00302. The molecule has 2 amide bonds. The number of aromatic nitrogens is 1. The number of phenols is 2. The molecule has 18 heteroatoms. The number of aromatic hydroxyl groups is 2. The van der Waals surface area contributed by atoms with Crippen molar-refractivity contribution in [2.75, 3.05) is 41.0 Å². The lowest BCUT2D eigenvalue weighted by atomic mass is 9.72. The smallest absolute Gasteiger partial charge is 0.242 e. The third-order valence-electron chi connectivity index (χ3n) is 11.5. The highest BCUT2D eigenvalue weighted by molar-refractivity contribution is 7.09. The van der Waals surface area contributed by atoms with Gasteiger partial charge in [0.1, 0.15) is 34.0 Å². The summed E-state index contributed by atoms with van der Waals surface area (Å²) < 4.78 is 36.2. The van der Waals surface area contributed by atoms with Gasteiger partial charge in [0.15, 0.2) is 24.6 Å². The van der Waals surface area contributed by atoms with Crippen molar-refractivity contribution in [3.05, 3.63) is 67.7 Å². The van der Waals surface area contributed by atoms with Gasteiger partial charge in [-0.3, -0.25) is 24.1 Å². The molecule has 0 radical (unpaired) electrons. The van der Waals surface area contributed by atoms with Crippen molar-refractivity contribution in [2.45, 2.75) is 88.4 Å². The molecular weight excluding hydrogens is 765 g/mol. The highest BCUT2D eigenvalue weighted by Gasteiger charge is 2.55. The van der Waals surface area contributed by atoms with Gasteiger partial charge in [-0.05, 0) is 13.0 Å². The van der Waals surface area contributed by atoms with Gasteiger partial charge in [0, 0.05) is 75.0 Å². The first-order valence-corrected chi connectivity index (χ1v) is 19.5. The summed E-state index contributed by atoms with van der Waals surface area (Å²) in [6.45, 7) is 4.08. The number of methoxy groups -OCH3 is 2. The fourth-order valence-corrected chi connectivity index (χ4v) is 9.69. The second-order valence-electron chi connectivity index (χ2n) is 15.0. The number of ether oxygens (including phenoxy) is 6. The fraction of sp³-hybridized carbons (Fsp3) is 0.513. The number of phenolic OH excluding ortho intramolecular Hbond substituents is 2. The van der Waals surface area contributed by atoms with E-state index in [0.29, 0.717) is 24.6 Å². The van der Waals surface area contributed by atoms with Crippen LogP contribution in [-0.2, 0) is 51.8 Å². The van der Waals surface area contributed by atoms with E-state index < -0.39 is 65.2 Å². The molecule has 0 saturated carbocycles. The molecule has 0 bridgehead atoms. The number of benzene rings is 2. The number of nitrogens with zero attached hydrogens (tertiary/aromatic N) is 3. The van der Waals surface area contributed by atoms with E-state index in [4.69, 9.17) is 28.4 Å². The average Bonchev–Trinajstić information content (AvgIpc) is 3.82. The summed E-state index contributed by atoms with van der Waals surface area (Å²) in [5.74, 6) is -3.10. The third kappa shape index (κ3) is 6.67. The average molecular weight is 809 g/mol. The third-order valence-corrected chi connectivity index (χ3v) is 12.3.